The number of hydrogen-bond acceptors (Lipinski definition) is 4. The van der Waals surface area contributed by atoms with Crippen LogP contribution in [0.5, 0.6) is 0 Å². The van der Waals surface area contributed by atoms with Crippen LogP contribution >= 0.6 is 23.1 Å². The highest BCUT2D eigenvalue weighted by atomic mass is 32.2. The highest BCUT2D eigenvalue weighted by Gasteiger charge is 2.35. The van der Waals surface area contributed by atoms with Crippen molar-refractivity contribution in [2.24, 2.45) is 7.05 Å². The van der Waals surface area contributed by atoms with E-state index in [1.807, 2.05) is 0 Å². The Morgan fingerprint density at radius 1 is 1.12 bits per heavy atom. The van der Waals surface area contributed by atoms with Crippen molar-refractivity contribution in [3.8, 4) is 10.7 Å². The molecule has 26 heavy (non-hydrogen) atoms. The standard InChI is InChI=1S/C15H11F6N3S2/c1-3-25-9-5-10(15(19,20)21)26-11(9)13-23-8-4-7(14(16,17)18)6-22-12(8)24(13)2/h4-6H,3H2,1-2H3. The molecule has 3 rings (SSSR count). The molecule has 0 N–H and O–H groups in total. The lowest BCUT2D eigenvalue weighted by Gasteiger charge is -2.05. The van der Waals surface area contributed by atoms with Crippen molar-refractivity contribution in [3.05, 3.63) is 28.8 Å². The van der Waals surface area contributed by atoms with E-state index in [0.717, 1.165) is 12.1 Å². The van der Waals surface area contributed by atoms with Crippen LogP contribution in [0.15, 0.2) is 23.2 Å². The Kier molecular flexibility index (Phi) is 4.72. The average molecular weight is 411 g/mol. The molecule has 3 nitrogen and oxygen atoms in total. The Morgan fingerprint density at radius 3 is 2.38 bits per heavy atom. The zero-order valence-corrected chi connectivity index (χ0v) is 15.0. The van der Waals surface area contributed by atoms with Crippen LogP contribution in [-0.4, -0.2) is 20.3 Å². The van der Waals surface area contributed by atoms with Gasteiger partial charge in [0.25, 0.3) is 0 Å². The zero-order chi connectivity index (χ0) is 19.3. The quantitative estimate of drug-likeness (QED) is 0.400. The predicted molar refractivity (Wildman–Crippen MR) is 88.2 cm³/mol. The molecule has 3 aromatic heterocycles. The van der Waals surface area contributed by atoms with Gasteiger partial charge in [-0.05, 0) is 17.9 Å². The van der Waals surface area contributed by atoms with Gasteiger partial charge in [0.2, 0.25) is 0 Å². The van der Waals surface area contributed by atoms with Crippen LogP contribution in [-0.2, 0) is 19.4 Å². The Morgan fingerprint density at radius 2 is 1.81 bits per heavy atom. The highest BCUT2D eigenvalue weighted by Crippen LogP contribution is 2.45. The Bertz CT molecular complexity index is 955. The highest BCUT2D eigenvalue weighted by molar-refractivity contribution is 7.99. The van der Waals surface area contributed by atoms with Crippen LogP contribution in [0.3, 0.4) is 0 Å². The maximum Gasteiger partial charge on any atom is 0.425 e. The zero-order valence-electron chi connectivity index (χ0n) is 13.4. The van der Waals surface area contributed by atoms with Crippen molar-refractivity contribution in [2.75, 3.05) is 5.75 Å². The van der Waals surface area contributed by atoms with Gasteiger partial charge in [-0.2, -0.15) is 26.3 Å². The van der Waals surface area contributed by atoms with Gasteiger partial charge in [0.05, 0.1) is 10.4 Å². The summed E-state index contributed by atoms with van der Waals surface area (Å²) in [5, 5.41) is 0. The number of rotatable bonds is 3. The third-order valence-corrected chi connectivity index (χ3v) is 5.74. The van der Waals surface area contributed by atoms with E-state index in [-0.39, 0.29) is 21.9 Å². The molecule has 0 radical (unpaired) electrons. The summed E-state index contributed by atoms with van der Waals surface area (Å²) < 4.78 is 79.1. The van der Waals surface area contributed by atoms with Crippen LogP contribution in [0.4, 0.5) is 26.3 Å². The fourth-order valence-corrected chi connectivity index (χ4v) is 4.42. The third kappa shape index (κ3) is 3.41. The summed E-state index contributed by atoms with van der Waals surface area (Å²) in [5.41, 5.74) is -0.811. The Balaban J connectivity index is 2.19. The van der Waals surface area contributed by atoms with Crippen molar-refractivity contribution in [1.29, 1.82) is 0 Å². The first-order valence-corrected chi connectivity index (χ1v) is 9.06. The minimum Gasteiger partial charge on any atom is -0.311 e. The molecule has 0 saturated heterocycles. The van der Waals surface area contributed by atoms with Gasteiger partial charge < -0.3 is 4.57 Å². The van der Waals surface area contributed by atoms with Crippen molar-refractivity contribution in [1.82, 2.24) is 14.5 Å². The van der Waals surface area contributed by atoms with E-state index in [1.165, 1.54) is 23.4 Å². The minimum atomic E-state index is -4.57. The smallest absolute Gasteiger partial charge is 0.311 e. The van der Waals surface area contributed by atoms with Gasteiger partial charge in [0.1, 0.15) is 10.4 Å². The first-order valence-electron chi connectivity index (χ1n) is 7.26. The lowest BCUT2D eigenvalue weighted by molar-refractivity contribution is -0.137. The summed E-state index contributed by atoms with van der Waals surface area (Å²) in [6.45, 7) is 1.80. The third-order valence-electron chi connectivity index (χ3n) is 3.52. The molecule has 0 saturated carbocycles. The molecule has 140 valence electrons. The number of imidazole rings is 1. The molecule has 11 heteroatoms. The van der Waals surface area contributed by atoms with E-state index < -0.39 is 22.8 Å². The molecule has 0 spiro atoms. The molecule has 0 fully saturated rings. The summed E-state index contributed by atoms with van der Waals surface area (Å²) in [6, 6.07) is 1.89. The molecule has 3 heterocycles. The first kappa shape index (κ1) is 19.0. The second-order valence-electron chi connectivity index (χ2n) is 5.29. The predicted octanol–water partition coefficient (Wildman–Crippen LogP) is 5.85. The van der Waals surface area contributed by atoms with Crippen molar-refractivity contribution in [2.45, 2.75) is 24.2 Å². The van der Waals surface area contributed by atoms with Gasteiger partial charge in [0, 0.05) is 18.1 Å². The minimum absolute atomic E-state index is 0.0215. The summed E-state index contributed by atoms with van der Waals surface area (Å²) >= 11 is 1.74. The van der Waals surface area contributed by atoms with E-state index in [1.54, 1.807) is 6.92 Å². The number of aryl methyl sites for hydroxylation is 1. The van der Waals surface area contributed by atoms with E-state index in [4.69, 9.17) is 0 Å². The molecular formula is C15H11F6N3S2. The fourth-order valence-electron chi connectivity index (χ4n) is 2.37. The van der Waals surface area contributed by atoms with Gasteiger partial charge >= 0.3 is 12.4 Å². The number of hydrogen-bond donors (Lipinski definition) is 0. The van der Waals surface area contributed by atoms with Crippen LogP contribution in [0.1, 0.15) is 17.4 Å². The summed E-state index contributed by atoms with van der Waals surface area (Å²) in [7, 11) is 1.51. The summed E-state index contributed by atoms with van der Waals surface area (Å²) in [4.78, 5) is 7.78. The van der Waals surface area contributed by atoms with Crippen molar-refractivity contribution < 1.29 is 26.3 Å². The topological polar surface area (TPSA) is 30.7 Å². The molecular weight excluding hydrogens is 400 g/mol. The molecule has 0 unspecified atom stereocenters. The second kappa shape index (κ2) is 6.45. The Labute approximate surface area is 152 Å². The van der Waals surface area contributed by atoms with Crippen molar-refractivity contribution in [3.63, 3.8) is 0 Å². The number of aromatic nitrogens is 3. The monoisotopic (exact) mass is 411 g/mol. The number of thioether (sulfide) groups is 1. The first-order chi connectivity index (χ1) is 12.0. The van der Waals surface area contributed by atoms with Crippen LogP contribution in [0.2, 0.25) is 0 Å². The van der Waals surface area contributed by atoms with Crippen LogP contribution in [0.25, 0.3) is 21.9 Å². The molecule has 0 aliphatic heterocycles. The van der Waals surface area contributed by atoms with Gasteiger partial charge in [-0.1, -0.05) is 6.92 Å². The van der Waals surface area contributed by atoms with Gasteiger partial charge in [-0.3, -0.25) is 0 Å². The molecule has 3 aromatic rings. The Hall–Kier alpha value is -1.75. The maximum absolute atomic E-state index is 13.1. The number of pyridine rings is 1. The van der Waals surface area contributed by atoms with E-state index in [9.17, 15) is 26.3 Å². The van der Waals surface area contributed by atoms with E-state index >= 15 is 0 Å². The summed E-state index contributed by atoms with van der Waals surface area (Å²) in [6.07, 6.45) is -8.39. The number of alkyl halides is 6. The largest absolute Gasteiger partial charge is 0.425 e. The number of nitrogens with zero attached hydrogens (tertiary/aromatic N) is 3. The number of thiophene rings is 1. The van der Waals surface area contributed by atoms with Gasteiger partial charge in [-0.25, -0.2) is 9.97 Å². The van der Waals surface area contributed by atoms with Gasteiger partial charge in [0.15, 0.2) is 11.5 Å². The number of halogens is 6. The van der Waals surface area contributed by atoms with E-state index in [0.29, 0.717) is 28.2 Å². The lowest BCUT2D eigenvalue weighted by atomic mass is 10.2. The lowest BCUT2D eigenvalue weighted by Crippen LogP contribution is -2.05. The maximum atomic E-state index is 13.1. The molecule has 0 amide bonds. The SMILES string of the molecule is CCSc1cc(C(F)(F)F)sc1-c1nc2cc(C(F)(F)F)cnc2n1C. The van der Waals surface area contributed by atoms with Crippen LogP contribution in [0, 0.1) is 0 Å². The summed E-state index contributed by atoms with van der Waals surface area (Å²) in [5.74, 6) is 0.699. The molecule has 0 bridgehead atoms. The molecule has 0 aromatic carbocycles. The number of fused-ring (bicyclic) bond motifs is 1. The van der Waals surface area contributed by atoms with E-state index in [2.05, 4.69) is 9.97 Å². The normalized spacial score (nSPS) is 12.9. The van der Waals surface area contributed by atoms with Crippen LogP contribution < -0.4 is 0 Å². The molecule has 0 aliphatic rings. The van der Waals surface area contributed by atoms with Crippen molar-refractivity contribution >= 4 is 34.3 Å². The fraction of sp³-hybridized carbons (Fsp3) is 0.333. The average Bonchev–Trinajstić information content (AvgIpc) is 3.08. The molecule has 0 aliphatic carbocycles. The second-order valence-corrected chi connectivity index (χ2v) is 7.65. The molecule has 0 atom stereocenters. The van der Waals surface area contributed by atoms with Gasteiger partial charge in [-0.15, -0.1) is 23.1 Å².